The van der Waals surface area contributed by atoms with Gasteiger partial charge in [0.15, 0.2) is 0 Å². The van der Waals surface area contributed by atoms with E-state index in [4.69, 9.17) is 0 Å². The minimum absolute atomic E-state index is 0.0583. The molecule has 4 N–H and O–H groups in total. The Balaban J connectivity index is 1.46. The van der Waals surface area contributed by atoms with Crippen LogP contribution in [0.15, 0.2) is 30.3 Å². The van der Waals surface area contributed by atoms with Crippen LogP contribution in [0.1, 0.15) is 51.0 Å². The molecule has 1 heterocycles. The van der Waals surface area contributed by atoms with Gasteiger partial charge in [0.05, 0.1) is 0 Å². The lowest BCUT2D eigenvalue weighted by Gasteiger charge is -2.23. The van der Waals surface area contributed by atoms with Gasteiger partial charge in [0.2, 0.25) is 5.91 Å². The smallest absolute Gasteiger partial charge is 0.338 e. The molecule has 1 aliphatic heterocycles. The van der Waals surface area contributed by atoms with E-state index in [2.05, 4.69) is 21.4 Å². The van der Waals surface area contributed by atoms with Crippen molar-refractivity contribution in [2.24, 2.45) is 0 Å². The Morgan fingerprint density at radius 1 is 1.14 bits per heavy atom. The number of amides is 6. The van der Waals surface area contributed by atoms with Crippen molar-refractivity contribution in [3.63, 3.8) is 0 Å². The molecule has 6 amide bonds. The van der Waals surface area contributed by atoms with Crippen LogP contribution < -0.4 is 21.4 Å². The quantitative estimate of drug-likeness (QED) is 0.540. The van der Waals surface area contributed by atoms with Crippen LogP contribution in [-0.2, 0) is 15.1 Å². The summed E-state index contributed by atoms with van der Waals surface area (Å²) in [5, 5.41) is 8.84. The van der Waals surface area contributed by atoms with E-state index in [1.165, 1.54) is 6.42 Å². The van der Waals surface area contributed by atoms with E-state index in [0.29, 0.717) is 10.6 Å². The van der Waals surface area contributed by atoms with Gasteiger partial charge in [-0.05, 0) is 25.3 Å². The zero-order valence-corrected chi connectivity index (χ0v) is 16.5. The molecule has 3 rings (SSSR count). The SMILES string of the molecule is CC1(c2ccccc2)NC(=O)N(NC(=O)CCNC(=O)NC2CCCCC2)C1=O. The number of rotatable bonds is 6. The third kappa shape index (κ3) is 4.85. The van der Waals surface area contributed by atoms with Crippen LogP contribution in [0.3, 0.4) is 0 Å². The normalized spacial score (nSPS) is 22.2. The van der Waals surface area contributed by atoms with Gasteiger partial charge in [-0.2, -0.15) is 5.01 Å². The van der Waals surface area contributed by atoms with Crippen molar-refractivity contribution in [3.05, 3.63) is 35.9 Å². The summed E-state index contributed by atoms with van der Waals surface area (Å²) in [6, 6.07) is 7.99. The second-order valence-electron chi connectivity index (χ2n) is 7.58. The molecule has 0 radical (unpaired) electrons. The lowest BCUT2D eigenvalue weighted by Crippen LogP contribution is -2.49. The van der Waals surface area contributed by atoms with Crippen LogP contribution in [0.4, 0.5) is 9.59 Å². The summed E-state index contributed by atoms with van der Waals surface area (Å²) in [5.74, 6) is -1.10. The summed E-state index contributed by atoms with van der Waals surface area (Å²) in [6.45, 7) is 1.69. The Kier molecular flexibility index (Phi) is 6.36. The number of urea groups is 2. The number of benzene rings is 1. The average Bonchev–Trinajstić information content (AvgIpc) is 2.93. The minimum atomic E-state index is -1.25. The molecule has 1 saturated heterocycles. The van der Waals surface area contributed by atoms with Crippen LogP contribution in [0.5, 0.6) is 0 Å². The summed E-state index contributed by atoms with van der Waals surface area (Å²) in [6.07, 6.45) is 5.31. The van der Waals surface area contributed by atoms with Crippen molar-refractivity contribution >= 4 is 23.9 Å². The molecule has 0 aromatic heterocycles. The number of nitrogens with zero attached hydrogens (tertiary/aromatic N) is 1. The molecule has 0 spiro atoms. The summed E-state index contributed by atoms with van der Waals surface area (Å²) < 4.78 is 0. The number of imide groups is 1. The number of hydrazine groups is 1. The molecule has 1 atom stereocenters. The van der Waals surface area contributed by atoms with Crippen molar-refractivity contribution in [2.75, 3.05) is 6.54 Å². The molecule has 1 aliphatic carbocycles. The van der Waals surface area contributed by atoms with Gasteiger partial charge in [-0.1, -0.05) is 49.6 Å². The van der Waals surface area contributed by atoms with Gasteiger partial charge >= 0.3 is 12.1 Å². The maximum Gasteiger partial charge on any atom is 0.344 e. The molecule has 1 saturated carbocycles. The van der Waals surface area contributed by atoms with E-state index in [-0.39, 0.29) is 25.0 Å². The highest BCUT2D eigenvalue weighted by molar-refractivity contribution is 6.08. The zero-order chi connectivity index (χ0) is 20.9. The highest BCUT2D eigenvalue weighted by atomic mass is 16.2. The molecule has 1 unspecified atom stereocenters. The van der Waals surface area contributed by atoms with Gasteiger partial charge in [0.25, 0.3) is 5.91 Å². The molecule has 29 heavy (non-hydrogen) atoms. The number of carbonyl (C=O) groups excluding carboxylic acids is 4. The predicted octanol–water partition coefficient (Wildman–Crippen LogP) is 1.51. The highest BCUT2D eigenvalue weighted by Gasteiger charge is 2.49. The van der Waals surface area contributed by atoms with Gasteiger partial charge in [-0.25, -0.2) is 9.59 Å². The summed E-state index contributed by atoms with van der Waals surface area (Å²) in [7, 11) is 0. The second kappa shape index (κ2) is 8.93. The molecule has 2 aliphatic rings. The van der Waals surface area contributed by atoms with Crippen LogP contribution in [0.25, 0.3) is 0 Å². The predicted molar refractivity (Wildman–Crippen MR) is 105 cm³/mol. The Hall–Kier alpha value is -3.10. The molecular formula is C20H27N5O4. The molecule has 2 fully saturated rings. The Morgan fingerprint density at radius 2 is 1.83 bits per heavy atom. The topological polar surface area (TPSA) is 120 Å². The fourth-order valence-electron chi connectivity index (χ4n) is 3.66. The first-order valence-corrected chi connectivity index (χ1v) is 9.96. The van der Waals surface area contributed by atoms with E-state index >= 15 is 0 Å². The minimum Gasteiger partial charge on any atom is -0.338 e. The van der Waals surface area contributed by atoms with E-state index in [0.717, 1.165) is 25.7 Å². The first-order valence-electron chi connectivity index (χ1n) is 9.96. The van der Waals surface area contributed by atoms with Gasteiger partial charge in [0.1, 0.15) is 5.54 Å². The fraction of sp³-hybridized carbons (Fsp3) is 0.500. The Labute approximate surface area is 169 Å². The van der Waals surface area contributed by atoms with Crippen molar-refractivity contribution in [1.29, 1.82) is 0 Å². The standard InChI is InChI=1S/C20H27N5O4/c1-20(14-8-4-2-5-9-14)17(27)25(19(29)23-20)24-16(26)12-13-21-18(28)22-15-10-6-3-7-11-15/h2,4-5,8-9,15H,3,6-7,10-13H2,1H3,(H,23,29)(H,24,26)(H2,21,22,28). The second-order valence-corrected chi connectivity index (χ2v) is 7.58. The van der Waals surface area contributed by atoms with E-state index < -0.39 is 23.4 Å². The van der Waals surface area contributed by atoms with Gasteiger partial charge in [-0.3, -0.25) is 15.0 Å². The van der Waals surface area contributed by atoms with E-state index in [1.54, 1.807) is 31.2 Å². The van der Waals surface area contributed by atoms with Gasteiger partial charge in [0, 0.05) is 19.0 Å². The third-order valence-corrected chi connectivity index (χ3v) is 5.36. The number of hydrogen-bond acceptors (Lipinski definition) is 4. The average molecular weight is 401 g/mol. The summed E-state index contributed by atoms with van der Waals surface area (Å²) in [5.41, 5.74) is 1.69. The molecule has 1 aromatic carbocycles. The lowest BCUT2D eigenvalue weighted by molar-refractivity contribution is -0.138. The molecular weight excluding hydrogens is 374 g/mol. The summed E-state index contributed by atoms with van der Waals surface area (Å²) >= 11 is 0. The largest absolute Gasteiger partial charge is 0.344 e. The maximum atomic E-state index is 12.7. The Bertz CT molecular complexity index is 778. The van der Waals surface area contributed by atoms with E-state index in [1.807, 2.05) is 6.07 Å². The Morgan fingerprint density at radius 3 is 2.52 bits per heavy atom. The van der Waals surface area contributed by atoms with Gasteiger partial charge in [-0.15, -0.1) is 0 Å². The van der Waals surface area contributed by atoms with Crippen LogP contribution in [-0.4, -0.2) is 41.5 Å². The van der Waals surface area contributed by atoms with Crippen molar-refractivity contribution in [2.45, 2.75) is 57.0 Å². The van der Waals surface area contributed by atoms with Crippen molar-refractivity contribution in [3.8, 4) is 0 Å². The van der Waals surface area contributed by atoms with Crippen molar-refractivity contribution < 1.29 is 19.2 Å². The maximum absolute atomic E-state index is 12.7. The fourth-order valence-corrected chi connectivity index (χ4v) is 3.66. The molecule has 9 nitrogen and oxygen atoms in total. The van der Waals surface area contributed by atoms with Crippen LogP contribution >= 0.6 is 0 Å². The number of nitrogens with one attached hydrogen (secondary N) is 4. The van der Waals surface area contributed by atoms with Crippen molar-refractivity contribution in [1.82, 2.24) is 26.4 Å². The molecule has 0 bridgehead atoms. The first kappa shape index (κ1) is 20.6. The van der Waals surface area contributed by atoms with Crippen LogP contribution in [0, 0.1) is 0 Å². The zero-order valence-electron chi connectivity index (χ0n) is 16.5. The summed E-state index contributed by atoms with van der Waals surface area (Å²) in [4.78, 5) is 49.0. The molecule has 1 aromatic rings. The monoisotopic (exact) mass is 401 g/mol. The van der Waals surface area contributed by atoms with Gasteiger partial charge < -0.3 is 16.0 Å². The third-order valence-electron chi connectivity index (χ3n) is 5.36. The number of carbonyl (C=O) groups is 4. The lowest BCUT2D eigenvalue weighted by atomic mass is 9.92. The number of hydrogen-bond donors (Lipinski definition) is 4. The molecule has 9 heteroatoms. The first-order chi connectivity index (χ1) is 13.9. The highest BCUT2D eigenvalue weighted by Crippen LogP contribution is 2.27. The molecule has 156 valence electrons. The van der Waals surface area contributed by atoms with Crippen LogP contribution in [0.2, 0.25) is 0 Å². The van der Waals surface area contributed by atoms with E-state index in [9.17, 15) is 19.2 Å².